The van der Waals surface area contributed by atoms with Crippen LogP contribution in [-0.4, -0.2) is 27.5 Å². The van der Waals surface area contributed by atoms with E-state index in [2.05, 4.69) is 27.5 Å². The molecule has 3 aromatic carbocycles. The lowest BCUT2D eigenvalue weighted by Gasteiger charge is -2.19. The van der Waals surface area contributed by atoms with E-state index in [1.807, 2.05) is 24.3 Å². The number of para-hydroxylation sites is 1. The summed E-state index contributed by atoms with van der Waals surface area (Å²) in [5.74, 6) is 0.226. The number of fused-ring (bicyclic) bond motifs is 2. The Morgan fingerprint density at radius 3 is 2.70 bits per heavy atom. The highest BCUT2D eigenvalue weighted by molar-refractivity contribution is 6.42. The van der Waals surface area contributed by atoms with Gasteiger partial charge >= 0.3 is 6.03 Å². The van der Waals surface area contributed by atoms with Crippen LogP contribution in [0.1, 0.15) is 24.8 Å². The molecular formula is C25H20Cl2N6O4. The predicted molar refractivity (Wildman–Crippen MR) is 145 cm³/mol. The summed E-state index contributed by atoms with van der Waals surface area (Å²) in [5, 5.41) is 17.9. The molecule has 2 amide bonds. The van der Waals surface area contributed by atoms with Gasteiger partial charge in [-0.05, 0) is 36.2 Å². The highest BCUT2D eigenvalue weighted by Crippen LogP contribution is 2.38. The van der Waals surface area contributed by atoms with Crippen LogP contribution in [0.15, 0.2) is 59.4 Å². The van der Waals surface area contributed by atoms with E-state index in [9.17, 15) is 19.7 Å². The van der Waals surface area contributed by atoms with Gasteiger partial charge in [0.15, 0.2) is 0 Å². The molecule has 0 aliphatic carbocycles. The molecule has 4 aromatic rings. The van der Waals surface area contributed by atoms with Crippen molar-refractivity contribution in [3.63, 3.8) is 0 Å². The number of halogens is 2. The van der Waals surface area contributed by atoms with Crippen LogP contribution in [0.2, 0.25) is 10.0 Å². The van der Waals surface area contributed by atoms with Gasteiger partial charge in [0.05, 0.1) is 26.0 Å². The summed E-state index contributed by atoms with van der Waals surface area (Å²) in [4.78, 5) is 45.8. The van der Waals surface area contributed by atoms with E-state index in [-0.39, 0.29) is 34.1 Å². The Labute approximate surface area is 220 Å². The highest BCUT2D eigenvalue weighted by Gasteiger charge is 2.31. The van der Waals surface area contributed by atoms with Crippen molar-refractivity contribution in [3.8, 4) is 0 Å². The number of nitro benzene ring substituents is 1. The maximum absolute atomic E-state index is 13.4. The smallest absolute Gasteiger partial charge is 0.326 e. The number of urea groups is 1. The lowest BCUT2D eigenvalue weighted by Crippen LogP contribution is -2.34. The van der Waals surface area contributed by atoms with Crippen LogP contribution in [0.3, 0.4) is 0 Å². The molecular weight excluding hydrogens is 519 g/mol. The van der Waals surface area contributed by atoms with Crippen LogP contribution in [0.25, 0.3) is 10.9 Å². The van der Waals surface area contributed by atoms with Crippen molar-refractivity contribution in [2.45, 2.75) is 19.3 Å². The second kappa shape index (κ2) is 9.72. The molecule has 12 heteroatoms. The molecule has 10 nitrogen and oxygen atoms in total. The first-order chi connectivity index (χ1) is 17.7. The average molecular weight is 539 g/mol. The van der Waals surface area contributed by atoms with E-state index in [0.717, 1.165) is 23.7 Å². The van der Waals surface area contributed by atoms with Gasteiger partial charge in [-0.15, -0.1) is 0 Å². The normalized spacial score (nSPS) is 14.5. The number of non-ortho nitro benzene ring substituents is 1. The number of nitrogens with zero attached hydrogens (tertiary/aromatic N) is 3. The van der Waals surface area contributed by atoms with Crippen LogP contribution in [-0.2, 0) is 0 Å². The Morgan fingerprint density at radius 2 is 1.97 bits per heavy atom. The van der Waals surface area contributed by atoms with Crippen molar-refractivity contribution in [1.82, 2.24) is 9.97 Å². The summed E-state index contributed by atoms with van der Waals surface area (Å²) in [6.45, 7) is 2.52. The molecule has 1 atom stereocenters. The molecule has 0 saturated heterocycles. The molecule has 37 heavy (non-hydrogen) atoms. The summed E-state index contributed by atoms with van der Waals surface area (Å²) < 4.78 is 0. The number of carbonyl (C=O) groups is 1. The third-order valence-corrected chi connectivity index (χ3v) is 6.98. The second-order valence-corrected chi connectivity index (χ2v) is 9.33. The first kappa shape index (κ1) is 24.5. The largest absolute Gasteiger partial charge is 0.326 e. The van der Waals surface area contributed by atoms with E-state index < -0.39 is 16.5 Å². The van der Waals surface area contributed by atoms with E-state index in [0.29, 0.717) is 22.3 Å². The molecule has 0 bridgehead atoms. The number of rotatable bonds is 5. The number of nitro groups is 1. The molecule has 0 fully saturated rings. The Kier molecular flexibility index (Phi) is 6.45. The summed E-state index contributed by atoms with van der Waals surface area (Å²) in [6.07, 6.45) is 0.848. The maximum Gasteiger partial charge on any atom is 0.326 e. The Hall–Kier alpha value is -4.15. The number of benzene rings is 3. The second-order valence-electron chi connectivity index (χ2n) is 8.52. The van der Waals surface area contributed by atoms with Gasteiger partial charge < -0.3 is 10.6 Å². The number of aromatic nitrogens is 2. The molecule has 2 heterocycles. The molecule has 3 N–H and O–H groups in total. The summed E-state index contributed by atoms with van der Waals surface area (Å²) in [6, 6.07) is 14.2. The Bertz CT molecular complexity index is 1620. The number of hydrogen-bond acceptors (Lipinski definition) is 6. The minimum Gasteiger partial charge on any atom is -0.326 e. The van der Waals surface area contributed by atoms with Gasteiger partial charge in [-0.2, -0.15) is 0 Å². The number of H-pyrrole nitrogens is 1. The van der Waals surface area contributed by atoms with Crippen molar-refractivity contribution in [3.05, 3.63) is 90.7 Å². The fraction of sp³-hybridized carbons (Fsp3) is 0.160. The third-order valence-electron chi connectivity index (χ3n) is 6.24. The number of nitrogens with one attached hydrogen (secondary N) is 3. The zero-order valence-corrected chi connectivity index (χ0v) is 20.9. The van der Waals surface area contributed by atoms with Gasteiger partial charge in [-0.1, -0.05) is 48.3 Å². The third kappa shape index (κ3) is 4.68. The standard InChI is InChI=1S/C25H20Cl2N6O4/c1-2-13-12-32(21-6-4-3-5-16(13)21)25(35)29-20-11-15(33(36)37)10-17-22(20)30-24(31-23(17)34)28-14-7-8-18(26)19(27)9-14/h3-11,13H,2,12H2,1H3,(H,29,35)(H2,28,30,31,34). The molecule has 1 aromatic heterocycles. The first-order valence-corrected chi connectivity index (χ1v) is 12.1. The molecule has 0 radical (unpaired) electrons. The molecule has 5 rings (SSSR count). The van der Waals surface area contributed by atoms with Crippen molar-refractivity contribution >= 4 is 68.8 Å². The number of carbonyl (C=O) groups excluding carboxylic acids is 1. The monoisotopic (exact) mass is 538 g/mol. The Balaban J connectivity index is 1.55. The highest BCUT2D eigenvalue weighted by atomic mass is 35.5. The van der Waals surface area contributed by atoms with Gasteiger partial charge in [0.1, 0.15) is 5.52 Å². The number of aromatic amines is 1. The van der Waals surface area contributed by atoms with E-state index >= 15 is 0 Å². The maximum atomic E-state index is 13.4. The zero-order valence-electron chi connectivity index (χ0n) is 19.4. The molecule has 1 unspecified atom stereocenters. The van der Waals surface area contributed by atoms with Gasteiger partial charge in [-0.3, -0.25) is 24.8 Å². The van der Waals surface area contributed by atoms with E-state index in [1.165, 1.54) is 6.07 Å². The van der Waals surface area contributed by atoms with Gasteiger partial charge in [0, 0.05) is 36.0 Å². The molecule has 0 saturated carbocycles. The lowest BCUT2D eigenvalue weighted by molar-refractivity contribution is -0.384. The number of amides is 2. The van der Waals surface area contributed by atoms with Gasteiger partial charge in [0.2, 0.25) is 5.95 Å². The minimum atomic E-state index is -0.630. The van der Waals surface area contributed by atoms with Crippen LogP contribution in [0.5, 0.6) is 0 Å². The van der Waals surface area contributed by atoms with Crippen LogP contribution < -0.4 is 21.1 Å². The van der Waals surface area contributed by atoms with Crippen molar-refractivity contribution in [1.29, 1.82) is 0 Å². The minimum absolute atomic E-state index is 0.0370. The summed E-state index contributed by atoms with van der Waals surface area (Å²) >= 11 is 12.0. The SMILES string of the molecule is CCC1CN(C(=O)Nc2cc([N+](=O)[O-])cc3c(=O)[nH]c(Nc4ccc(Cl)c(Cl)c4)nc23)c2ccccc21. The van der Waals surface area contributed by atoms with Crippen molar-refractivity contribution in [2.75, 3.05) is 22.1 Å². The topological polar surface area (TPSA) is 133 Å². The predicted octanol–water partition coefficient (Wildman–Crippen LogP) is 6.43. The van der Waals surface area contributed by atoms with Gasteiger partial charge in [0.25, 0.3) is 11.2 Å². The van der Waals surface area contributed by atoms with Crippen molar-refractivity contribution in [2.24, 2.45) is 0 Å². The molecule has 1 aliphatic heterocycles. The van der Waals surface area contributed by atoms with Crippen molar-refractivity contribution < 1.29 is 9.72 Å². The fourth-order valence-corrected chi connectivity index (χ4v) is 4.72. The van der Waals surface area contributed by atoms with E-state index in [4.69, 9.17) is 23.2 Å². The number of anilines is 4. The zero-order chi connectivity index (χ0) is 26.3. The lowest BCUT2D eigenvalue weighted by atomic mass is 9.99. The van der Waals surface area contributed by atoms with Crippen LogP contribution >= 0.6 is 23.2 Å². The fourth-order valence-electron chi connectivity index (χ4n) is 4.42. The molecule has 188 valence electrons. The average Bonchev–Trinajstić information content (AvgIpc) is 3.25. The molecule has 0 spiro atoms. The first-order valence-electron chi connectivity index (χ1n) is 11.4. The van der Waals surface area contributed by atoms with Gasteiger partial charge in [-0.25, -0.2) is 9.78 Å². The summed E-state index contributed by atoms with van der Waals surface area (Å²) in [7, 11) is 0. The summed E-state index contributed by atoms with van der Waals surface area (Å²) in [5.41, 5.74) is 1.49. The van der Waals surface area contributed by atoms with Crippen LogP contribution in [0, 0.1) is 10.1 Å². The van der Waals surface area contributed by atoms with Crippen LogP contribution in [0.4, 0.5) is 33.5 Å². The quantitative estimate of drug-likeness (QED) is 0.198. The molecule has 1 aliphatic rings. The Morgan fingerprint density at radius 1 is 1.19 bits per heavy atom. The number of hydrogen-bond donors (Lipinski definition) is 3. The van der Waals surface area contributed by atoms with E-state index in [1.54, 1.807) is 23.1 Å².